The highest BCUT2D eigenvalue weighted by Gasteiger charge is 2.07. The highest BCUT2D eigenvalue weighted by molar-refractivity contribution is 5.61. The Morgan fingerprint density at radius 1 is 0.889 bits per heavy atom. The lowest BCUT2D eigenvalue weighted by Gasteiger charge is -2.12. The molecule has 0 bridgehead atoms. The molecule has 0 saturated carbocycles. The standard InChI is InChI=1S/C21H24N4O2/c1-14-7-5-6-8-17(14)24-20-11-15(2)23-21(25-20)22-13-16-9-10-18(26-3)19(12-16)27-4/h5-12H,13H2,1-4H3,(H2,22,23,24,25). The molecule has 1 heterocycles. The molecule has 0 aliphatic carbocycles. The fraction of sp³-hybridized carbons (Fsp3) is 0.238. The first-order chi connectivity index (χ1) is 13.1. The third-order valence-electron chi connectivity index (χ3n) is 4.16. The fourth-order valence-corrected chi connectivity index (χ4v) is 2.73. The number of methoxy groups -OCH3 is 2. The third-order valence-corrected chi connectivity index (χ3v) is 4.16. The topological polar surface area (TPSA) is 68.3 Å². The molecule has 27 heavy (non-hydrogen) atoms. The third kappa shape index (κ3) is 4.67. The van der Waals surface area contributed by atoms with Gasteiger partial charge in [-0.2, -0.15) is 4.98 Å². The predicted octanol–water partition coefficient (Wildman–Crippen LogP) is 4.47. The van der Waals surface area contributed by atoms with Crippen LogP contribution in [0.15, 0.2) is 48.5 Å². The Balaban J connectivity index is 1.74. The number of rotatable bonds is 7. The first-order valence-electron chi connectivity index (χ1n) is 8.72. The van der Waals surface area contributed by atoms with Gasteiger partial charge in [-0.3, -0.25) is 0 Å². The molecular weight excluding hydrogens is 340 g/mol. The smallest absolute Gasteiger partial charge is 0.225 e. The van der Waals surface area contributed by atoms with E-state index in [0.717, 1.165) is 28.3 Å². The van der Waals surface area contributed by atoms with Gasteiger partial charge in [0.05, 0.1) is 14.2 Å². The van der Waals surface area contributed by atoms with Crippen molar-refractivity contribution in [2.45, 2.75) is 20.4 Å². The number of hydrogen-bond acceptors (Lipinski definition) is 6. The second-order valence-corrected chi connectivity index (χ2v) is 6.20. The van der Waals surface area contributed by atoms with Crippen molar-refractivity contribution in [3.8, 4) is 11.5 Å². The highest BCUT2D eigenvalue weighted by Crippen LogP contribution is 2.28. The molecular formula is C21H24N4O2. The predicted molar refractivity (Wildman–Crippen MR) is 108 cm³/mol. The monoisotopic (exact) mass is 364 g/mol. The molecule has 0 unspecified atom stereocenters. The van der Waals surface area contributed by atoms with E-state index in [1.54, 1.807) is 14.2 Å². The molecule has 0 aliphatic rings. The second kappa shape index (κ2) is 8.40. The summed E-state index contributed by atoms with van der Waals surface area (Å²) in [4.78, 5) is 9.04. The first-order valence-corrected chi connectivity index (χ1v) is 8.72. The van der Waals surface area contributed by atoms with Crippen molar-refractivity contribution in [2.75, 3.05) is 24.9 Å². The van der Waals surface area contributed by atoms with Crippen molar-refractivity contribution in [1.82, 2.24) is 9.97 Å². The van der Waals surface area contributed by atoms with E-state index in [1.165, 1.54) is 0 Å². The molecule has 3 rings (SSSR count). The van der Waals surface area contributed by atoms with Gasteiger partial charge < -0.3 is 20.1 Å². The molecule has 0 spiro atoms. The molecule has 0 saturated heterocycles. The molecule has 6 nitrogen and oxygen atoms in total. The van der Waals surface area contributed by atoms with Crippen LogP contribution in [0.1, 0.15) is 16.8 Å². The number of benzene rings is 2. The van der Waals surface area contributed by atoms with Gasteiger partial charge in [0, 0.05) is 24.0 Å². The van der Waals surface area contributed by atoms with Crippen LogP contribution in [0.3, 0.4) is 0 Å². The minimum Gasteiger partial charge on any atom is -0.493 e. The van der Waals surface area contributed by atoms with E-state index < -0.39 is 0 Å². The second-order valence-electron chi connectivity index (χ2n) is 6.20. The van der Waals surface area contributed by atoms with Gasteiger partial charge in [0.2, 0.25) is 5.95 Å². The molecule has 0 aliphatic heterocycles. The van der Waals surface area contributed by atoms with E-state index >= 15 is 0 Å². The van der Waals surface area contributed by atoms with Gasteiger partial charge >= 0.3 is 0 Å². The van der Waals surface area contributed by atoms with Gasteiger partial charge in [-0.15, -0.1) is 0 Å². The lowest BCUT2D eigenvalue weighted by Crippen LogP contribution is -2.07. The van der Waals surface area contributed by atoms with Crippen molar-refractivity contribution in [2.24, 2.45) is 0 Å². The van der Waals surface area contributed by atoms with E-state index in [4.69, 9.17) is 9.47 Å². The van der Waals surface area contributed by atoms with E-state index in [9.17, 15) is 0 Å². The van der Waals surface area contributed by atoms with Crippen LogP contribution in [0.25, 0.3) is 0 Å². The Labute approximate surface area is 159 Å². The molecule has 2 aromatic carbocycles. The highest BCUT2D eigenvalue weighted by atomic mass is 16.5. The van der Waals surface area contributed by atoms with Crippen LogP contribution in [-0.4, -0.2) is 24.2 Å². The van der Waals surface area contributed by atoms with Crippen LogP contribution in [0, 0.1) is 13.8 Å². The zero-order valence-corrected chi connectivity index (χ0v) is 16.0. The number of nitrogens with zero attached hydrogens (tertiary/aromatic N) is 2. The van der Waals surface area contributed by atoms with Crippen LogP contribution in [0.4, 0.5) is 17.5 Å². The fourth-order valence-electron chi connectivity index (χ4n) is 2.73. The van der Waals surface area contributed by atoms with Crippen molar-refractivity contribution < 1.29 is 9.47 Å². The minimum atomic E-state index is 0.570. The van der Waals surface area contributed by atoms with Crippen molar-refractivity contribution >= 4 is 17.5 Å². The normalized spacial score (nSPS) is 10.4. The van der Waals surface area contributed by atoms with E-state index in [2.05, 4.69) is 33.6 Å². The van der Waals surface area contributed by atoms with E-state index in [-0.39, 0.29) is 0 Å². The summed E-state index contributed by atoms with van der Waals surface area (Å²) in [7, 11) is 3.25. The molecule has 3 aromatic rings. The number of nitrogens with one attached hydrogen (secondary N) is 2. The van der Waals surface area contributed by atoms with Gasteiger partial charge in [0.1, 0.15) is 5.82 Å². The lowest BCUT2D eigenvalue weighted by atomic mass is 10.2. The number of ether oxygens (including phenoxy) is 2. The number of aromatic nitrogens is 2. The summed E-state index contributed by atoms with van der Waals surface area (Å²) in [5.41, 5.74) is 4.12. The minimum absolute atomic E-state index is 0.570. The summed E-state index contributed by atoms with van der Waals surface area (Å²) >= 11 is 0. The van der Waals surface area contributed by atoms with Gasteiger partial charge in [0.25, 0.3) is 0 Å². The van der Waals surface area contributed by atoms with Gasteiger partial charge in [-0.25, -0.2) is 4.98 Å². The maximum absolute atomic E-state index is 5.35. The van der Waals surface area contributed by atoms with Gasteiger partial charge in [-0.05, 0) is 43.2 Å². The Morgan fingerprint density at radius 3 is 2.41 bits per heavy atom. The summed E-state index contributed by atoms with van der Waals surface area (Å²) < 4.78 is 10.6. The Bertz CT molecular complexity index is 928. The number of anilines is 3. The van der Waals surface area contributed by atoms with Crippen LogP contribution in [0.2, 0.25) is 0 Å². The van der Waals surface area contributed by atoms with E-state index in [1.807, 2.05) is 49.4 Å². The lowest BCUT2D eigenvalue weighted by molar-refractivity contribution is 0.354. The van der Waals surface area contributed by atoms with Gasteiger partial charge in [0.15, 0.2) is 11.5 Å². The zero-order chi connectivity index (χ0) is 19.2. The van der Waals surface area contributed by atoms with Gasteiger partial charge in [-0.1, -0.05) is 24.3 Å². The summed E-state index contributed by atoms with van der Waals surface area (Å²) in [6.07, 6.45) is 0. The molecule has 0 atom stereocenters. The Hall–Kier alpha value is -3.28. The van der Waals surface area contributed by atoms with Crippen molar-refractivity contribution in [1.29, 1.82) is 0 Å². The zero-order valence-electron chi connectivity index (χ0n) is 16.0. The maximum Gasteiger partial charge on any atom is 0.225 e. The molecule has 0 radical (unpaired) electrons. The first kappa shape index (κ1) is 18.5. The SMILES string of the molecule is COc1ccc(CNc2nc(C)cc(Nc3ccccc3C)n2)cc1OC. The summed E-state index contributed by atoms with van der Waals surface area (Å²) in [5, 5.41) is 6.63. The Kier molecular flexibility index (Phi) is 5.76. The Morgan fingerprint density at radius 2 is 1.67 bits per heavy atom. The van der Waals surface area contributed by atoms with Crippen LogP contribution in [0.5, 0.6) is 11.5 Å². The van der Waals surface area contributed by atoms with Crippen LogP contribution >= 0.6 is 0 Å². The average Bonchev–Trinajstić information content (AvgIpc) is 2.67. The number of para-hydroxylation sites is 1. The molecule has 1 aromatic heterocycles. The quantitative estimate of drug-likeness (QED) is 0.645. The molecule has 2 N–H and O–H groups in total. The maximum atomic E-state index is 5.35. The number of aryl methyl sites for hydroxylation is 2. The average molecular weight is 364 g/mol. The van der Waals surface area contributed by atoms with Crippen molar-refractivity contribution in [3.63, 3.8) is 0 Å². The molecule has 6 heteroatoms. The van der Waals surface area contributed by atoms with Crippen LogP contribution < -0.4 is 20.1 Å². The van der Waals surface area contributed by atoms with Crippen LogP contribution in [-0.2, 0) is 6.54 Å². The molecule has 0 fully saturated rings. The summed E-state index contributed by atoms with van der Waals surface area (Å²) in [5.74, 6) is 2.73. The van der Waals surface area contributed by atoms with Crippen molar-refractivity contribution in [3.05, 3.63) is 65.4 Å². The largest absolute Gasteiger partial charge is 0.493 e. The summed E-state index contributed by atoms with van der Waals surface area (Å²) in [6.45, 7) is 4.59. The number of hydrogen-bond donors (Lipinski definition) is 2. The molecule has 140 valence electrons. The molecule has 0 amide bonds. The summed E-state index contributed by atoms with van der Waals surface area (Å²) in [6, 6.07) is 15.8. The van der Waals surface area contributed by atoms with E-state index in [0.29, 0.717) is 24.0 Å².